The third-order valence-electron chi connectivity index (χ3n) is 2.46. The van der Waals surface area contributed by atoms with Gasteiger partial charge in [-0.15, -0.1) is 0 Å². The number of carbonyl (C=O) groups excluding carboxylic acids is 1. The van der Waals surface area contributed by atoms with E-state index in [9.17, 15) is 4.79 Å². The molecule has 0 aromatic heterocycles. The summed E-state index contributed by atoms with van der Waals surface area (Å²) in [5.74, 6) is 5.65. The molecule has 0 radical (unpaired) electrons. The molecular formula is C13H14ClN3O. The van der Waals surface area contributed by atoms with Crippen LogP contribution in [0.4, 0.5) is 10.5 Å². The van der Waals surface area contributed by atoms with Gasteiger partial charge in [0.25, 0.3) is 0 Å². The van der Waals surface area contributed by atoms with E-state index in [1.807, 2.05) is 0 Å². The molecular weight excluding hydrogens is 250 g/mol. The van der Waals surface area contributed by atoms with E-state index in [0.717, 1.165) is 18.4 Å². The Hall–Kier alpha value is -1.70. The number of amides is 2. The standard InChI is InChI=1S/C13H14ClN3O/c14-11-6-3-9(2-1-7-15)8-12(11)17-13(18)16-10-4-5-10/h3,6,8,10H,4-5,7,15H2,(H2,16,17,18). The molecule has 94 valence electrons. The summed E-state index contributed by atoms with van der Waals surface area (Å²) >= 11 is 6.01. The quantitative estimate of drug-likeness (QED) is 0.714. The zero-order valence-corrected chi connectivity index (χ0v) is 10.6. The Balaban J connectivity index is 2.07. The smallest absolute Gasteiger partial charge is 0.319 e. The van der Waals surface area contributed by atoms with E-state index >= 15 is 0 Å². The van der Waals surface area contributed by atoms with Crippen molar-refractivity contribution in [3.8, 4) is 11.8 Å². The minimum atomic E-state index is -0.233. The predicted octanol–water partition coefficient (Wildman–Crippen LogP) is 1.93. The maximum absolute atomic E-state index is 11.6. The van der Waals surface area contributed by atoms with Gasteiger partial charge in [0.05, 0.1) is 17.3 Å². The van der Waals surface area contributed by atoms with Gasteiger partial charge in [0, 0.05) is 11.6 Å². The monoisotopic (exact) mass is 263 g/mol. The van der Waals surface area contributed by atoms with E-state index in [0.29, 0.717) is 23.3 Å². The lowest BCUT2D eigenvalue weighted by atomic mass is 10.2. The molecule has 1 aromatic carbocycles. The number of urea groups is 1. The van der Waals surface area contributed by atoms with Crippen molar-refractivity contribution >= 4 is 23.3 Å². The largest absolute Gasteiger partial charge is 0.335 e. The number of nitrogens with two attached hydrogens (primary N) is 1. The second-order valence-electron chi connectivity index (χ2n) is 4.07. The molecule has 4 N–H and O–H groups in total. The topological polar surface area (TPSA) is 67.1 Å². The fraction of sp³-hybridized carbons (Fsp3) is 0.308. The molecule has 1 saturated carbocycles. The molecule has 4 nitrogen and oxygen atoms in total. The van der Waals surface area contributed by atoms with Crippen LogP contribution < -0.4 is 16.4 Å². The summed E-state index contributed by atoms with van der Waals surface area (Å²) in [5.41, 5.74) is 6.63. The van der Waals surface area contributed by atoms with Gasteiger partial charge < -0.3 is 16.4 Å². The average molecular weight is 264 g/mol. The van der Waals surface area contributed by atoms with E-state index in [1.165, 1.54) is 0 Å². The zero-order chi connectivity index (χ0) is 13.0. The van der Waals surface area contributed by atoms with E-state index in [4.69, 9.17) is 17.3 Å². The fourth-order valence-corrected chi connectivity index (χ4v) is 1.59. The van der Waals surface area contributed by atoms with Gasteiger partial charge in [0.15, 0.2) is 0 Å². The molecule has 18 heavy (non-hydrogen) atoms. The minimum Gasteiger partial charge on any atom is -0.335 e. The van der Waals surface area contributed by atoms with Crippen molar-refractivity contribution in [3.63, 3.8) is 0 Å². The lowest BCUT2D eigenvalue weighted by Crippen LogP contribution is -2.30. The lowest BCUT2D eigenvalue weighted by Gasteiger charge is -2.08. The number of anilines is 1. The maximum Gasteiger partial charge on any atom is 0.319 e. The van der Waals surface area contributed by atoms with E-state index in [-0.39, 0.29) is 6.03 Å². The zero-order valence-electron chi connectivity index (χ0n) is 9.79. The van der Waals surface area contributed by atoms with Crippen LogP contribution in [0, 0.1) is 11.8 Å². The molecule has 0 unspecified atom stereocenters. The lowest BCUT2D eigenvalue weighted by molar-refractivity contribution is 0.251. The fourth-order valence-electron chi connectivity index (χ4n) is 1.42. The summed E-state index contributed by atoms with van der Waals surface area (Å²) in [4.78, 5) is 11.6. The van der Waals surface area contributed by atoms with Crippen LogP contribution in [0.5, 0.6) is 0 Å². The molecule has 2 rings (SSSR count). The van der Waals surface area contributed by atoms with Crippen LogP contribution in [0.15, 0.2) is 18.2 Å². The van der Waals surface area contributed by atoms with Crippen LogP contribution in [-0.2, 0) is 0 Å². The number of hydrogen-bond acceptors (Lipinski definition) is 2. The highest BCUT2D eigenvalue weighted by Gasteiger charge is 2.23. The van der Waals surface area contributed by atoms with Crippen LogP contribution in [0.1, 0.15) is 18.4 Å². The molecule has 0 bridgehead atoms. The molecule has 1 aliphatic carbocycles. The Labute approximate surface area is 111 Å². The van der Waals surface area contributed by atoms with Gasteiger partial charge in [-0.05, 0) is 31.0 Å². The van der Waals surface area contributed by atoms with Crippen molar-refractivity contribution in [3.05, 3.63) is 28.8 Å². The molecule has 0 aliphatic heterocycles. The van der Waals surface area contributed by atoms with Crippen LogP contribution >= 0.6 is 11.6 Å². The molecule has 1 fully saturated rings. The highest BCUT2D eigenvalue weighted by molar-refractivity contribution is 6.33. The summed E-state index contributed by atoms with van der Waals surface area (Å²) < 4.78 is 0. The van der Waals surface area contributed by atoms with Crippen molar-refractivity contribution < 1.29 is 4.79 Å². The molecule has 0 atom stereocenters. The Morgan fingerprint density at radius 1 is 1.50 bits per heavy atom. The molecule has 1 aromatic rings. The first-order valence-corrected chi connectivity index (χ1v) is 6.13. The summed E-state index contributed by atoms with van der Waals surface area (Å²) in [6.45, 7) is 0.299. The van der Waals surface area contributed by atoms with Gasteiger partial charge >= 0.3 is 6.03 Å². The number of nitrogens with one attached hydrogen (secondary N) is 2. The van der Waals surface area contributed by atoms with Crippen LogP contribution in [-0.4, -0.2) is 18.6 Å². The SMILES string of the molecule is NCC#Cc1ccc(Cl)c(NC(=O)NC2CC2)c1. The van der Waals surface area contributed by atoms with Gasteiger partial charge in [-0.25, -0.2) is 4.79 Å². The number of halogens is 1. The highest BCUT2D eigenvalue weighted by Crippen LogP contribution is 2.23. The van der Waals surface area contributed by atoms with Crippen LogP contribution in [0.25, 0.3) is 0 Å². The number of carbonyl (C=O) groups is 1. The summed E-state index contributed by atoms with van der Waals surface area (Å²) in [6.07, 6.45) is 2.09. The number of rotatable bonds is 2. The van der Waals surface area contributed by atoms with E-state index < -0.39 is 0 Å². The Morgan fingerprint density at radius 3 is 2.94 bits per heavy atom. The third-order valence-corrected chi connectivity index (χ3v) is 2.79. The second-order valence-corrected chi connectivity index (χ2v) is 4.48. The molecule has 2 amide bonds. The summed E-state index contributed by atoms with van der Waals surface area (Å²) in [6, 6.07) is 5.30. The molecule has 0 saturated heterocycles. The van der Waals surface area contributed by atoms with Crippen molar-refractivity contribution in [2.75, 3.05) is 11.9 Å². The van der Waals surface area contributed by atoms with Crippen LogP contribution in [0.2, 0.25) is 5.02 Å². The Kier molecular flexibility index (Phi) is 4.08. The van der Waals surface area contributed by atoms with Gasteiger partial charge in [-0.1, -0.05) is 23.4 Å². The van der Waals surface area contributed by atoms with Crippen LogP contribution in [0.3, 0.4) is 0 Å². The minimum absolute atomic E-state index is 0.233. The predicted molar refractivity (Wildman–Crippen MR) is 72.6 cm³/mol. The van der Waals surface area contributed by atoms with Crippen molar-refractivity contribution in [2.24, 2.45) is 5.73 Å². The van der Waals surface area contributed by atoms with Crippen molar-refractivity contribution in [1.82, 2.24) is 5.32 Å². The number of hydrogen-bond donors (Lipinski definition) is 3. The van der Waals surface area contributed by atoms with E-state index in [1.54, 1.807) is 18.2 Å². The third kappa shape index (κ3) is 3.66. The first-order chi connectivity index (χ1) is 8.69. The molecule has 0 heterocycles. The first kappa shape index (κ1) is 12.7. The highest BCUT2D eigenvalue weighted by atomic mass is 35.5. The maximum atomic E-state index is 11.6. The van der Waals surface area contributed by atoms with E-state index in [2.05, 4.69) is 22.5 Å². The molecule has 0 spiro atoms. The Bertz CT molecular complexity index is 515. The van der Waals surface area contributed by atoms with Gasteiger partial charge in [0.1, 0.15) is 0 Å². The Morgan fingerprint density at radius 2 is 2.28 bits per heavy atom. The van der Waals surface area contributed by atoms with Gasteiger partial charge in [-0.3, -0.25) is 0 Å². The summed E-state index contributed by atoms with van der Waals surface area (Å²) in [7, 11) is 0. The first-order valence-electron chi connectivity index (χ1n) is 5.75. The van der Waals surface area contributed by atoms with Crippen molar-refractivity contribution in [1.29, 1.82) is 0 Å². The normalized spacial score (nSPS) is 13.4. The molecule has 5 heteroatoms. The number of benzene rings is 1. The van der Waals surface area contributed by atoms with Gasteiger partial charge in [0.2, 0.25) is 0 Å². The van der Waals surface area contributed by atoms with Crippen molar-refractivity contribution in [2.45, 2.75) is 18.9 Å². The van der Waals surface area contributed by atoms with Gasteiger partial charge in [-0.2, -0.15) is 0 Å². The second kappa shape index (κ2) is 5.76. The average Bonchev–Trinajstić information content (AvgIpc) is 3.14. The summed E-state index contributed by atoms with van der Waals surface area (Å²) in [5, 5.41) is 6.03. The molecule has 1 aliphatic rings.